The van der Waals surface area contributed by atoms with Crippen LogP contribution in [0.2, 0.25) is 0 Å². The largest absolute Gasteiger partial charge is 0.462 e. The molecule has 1 unspecified atom stereocenters. The lowest BCUT2D eigenvalue weighted by atomic mass is 10.0. The van der Waals surface area contributed by atoms with Crippen LogP contribution in [0.5, 0.6) is 0 Å². The average molecular weight is 1150 g/mol. The molecule has 1 atom stereocenters. The molecule has 0 heterocycles. The van der Waals surface area contributed by atoms with E-state index in [0.29, 0.717) is 19.3 Å². The van der Waals surface area contributed by atoms with E-state index in [1.165, 1.54) is 103 Å². The third-order valence-corrected chi connectivity index (χ3v) is 14.0. The van der Waals surface area contributed by atoms with Crippen molar-refractivity contribution >= 4 is 17.9 Å². The second kappa shape index (κ2) is 69.5. The van der Waals surface area contributed by atoms with Crippen LogP contribution in [0.3, 0.4) is 0 Å². The van der Waals surface area contributed by atoms with Gasteiger partial charge in [0.2, 0.25) is 0 Å². The molecule has 0 aliphatic heterocycles. The number of rotatable bonds is 60. The molecule has 0 bridgehead atoms. The standard InChI is InChI=1S/C77H124O6/c1-4-7-10-13-16-19-22-25-27-29-31-33-34-35-36-37-38-39-40-41-42-44-45-47-49-52-55-58-61-64-67-70-76(79)82-73-74(72-81-75(78)69-66-63-60-57-54-51-24-21-18-15-12-9-6-3)83-77(80)71-68-65-62-59-56-53-50-48-46-43-32-30-28-26-23-20-17-14-11-8-5-2/h7-8,10-11,16-17,19-20,25-28,31-33,35-36,38-39,41-43,48,50,56,59,74H,4-6,9,12-15,18,21-24,29-30,34,37,40,44-47,49,51-55,57-58,60-73H2,1-3H3/b10-7-,11-8-,19-16-,20-17-,27-25-,28-26-,33-31-,36-35-,39-38-,42-41-,43-32-,50-48-,59-56-. The zero-order chi connectivity index (χ0) is 59.9. The number of ether oxygens (including phenoxy) is 3. The fourth-order valence-electron chi connectivity index (χ4n) is 9.01. The van der Waals surface area contributed by atoms with Gasteiger partial charge in [0.05, 0.1) is 0 Å². The molecule has 0 fully saturated rings. The van der Waals surface area contributed by atoms with Crippen molar-refractivity contribution in [3.05, 3.63) is 158 Å². The lowest BCUT2D eigenvalue weighted by molar-refractivity contribution is -0.167. The number of hydrogen-bond acceptors (Lipinski definition) is 6. The number of carbonyl (C=O) groups excluding carboxylic acids is 3. The Morgan fingerprint density at radius 2 is 0.470 bits per heavy atom. The van der Waals surface area contributed by atoms with Gasteiger partial charge in [0, 0.05) is 19.3 Å². The highest BCUT2D eigenvalue weighted by atomic mass is 16.6. The van der Waals surface area contributed by atoms with Gasteiger partial charge in [-0.1, -0.05) is 301 Å². The Hall–Kier alpha value is -4.97. The number of allylic oxidation sites excluding steroid dienone is 26. The first-order valence-electron chi connectivity index (χ1n) is 34.0. The first kappa shape index (κ1) is 78.0. The normalized spacial score (nSPS) is 13.1. The minimum absolute atomic E-state index is 0.101. The van der Waals surface area contributed by atoms with Gasteiger partial charge in [0.15, 0.2) is 6.10 Å². The minimum atomic E-state index is -0.810. The third kappa shape index (κ3) is 67.7. The van der Waals surface area contributed by atoms with Gasteiger partial charge in [-0.25, -0.2) is 0 Å². The maximum Gasteiger partial charge on any atom is 0.306 e. The summed E-state index contributed by atoms with van der Waals surface area (Å²) in [6, 6.07) is 0. The Labute approximate surface area is 511 Å². The first-order chi connectivity index (χ1) is 41.0. The number of unbranched alkanes of at least 4 members (excludes halogenated alkanes) is 23. The highest BCUT2D eigenvalue weighted by molar-refractivity contribution is 5.71. The Bertz CT molecular complexity index is 1840. The fraction of sp³-hybridized carbons (Fsp3) is 0.623. The van der Waals surface area contributed by atoms with E-state index in [0.717, 1.165) is 141 Å². The maximum absolute atomic E-state index is 12.9. The average Bonchev–Trinajstić information content (AvgIpc) is 3.49. The van der Waals surface area contributed by atoms with Crippen LogP contribution in [0.4, 0.5) is 0 Å². The smallest absolute Gasteiger partial charge is 0.306 e. The number of hydrogen-bond donors (Lipinski definition) is 0. The summed E-state index contributed by atoms with van der Waals surface area (Å²) >= 11 is 0. The van der Waals surface area contributed by atoms with Crippen LogP contribution in [0.1, 0.15) is 290 Å². The summed E-state index contributed by atoms with van der Waals surface area (Å²) in [5.74, 6) is -0.949. The van der Waals surface area contributed by atoms with E-state index in [1.807, 2.05) is 0 Å². The van der Waals surface area contributed by atoms with Gasteiger partial charge < -0.3 is 14.2 Å². The Balaban J connectivity index is 4.38. The quantitative estimate of drug-likeness (QED) is 0.0261. The van der Waals surface area contributed by atoms with Crippen molar-refractivity contribution in [2.75, 3.05) is 13.2 Å². The second-order valence-electron chi connectivity index (χ2n) is 22.0. The van der Waals surface area contributed by atoms with Crippen LogP contribution in [0, 0.1) is 0 Å². The second-order valence-corrected chi connectivity index (χ2v) is 22.0. The van der Waals surface area contributed by atoms with Gasteiger partial charge in [-0.2, -0.15) is 0 Å². The predicted molar refractivity (Wildman–Crippen MR) is 362 cm³/mol. The zero-order valence-corrected chi connectivity index (χ0v) is 53.7. The molecule has 83 heavy (non-hydrogen) atoms. The van der Waals surface area contributed by atoms with Crippen LogP contribution in [-0.4, -0.2) is 37.2 Å². The van der Waals surface area contributed by atoms with Gasteiger partial charge in [-0.3, -0.25) is 14.4 Å². The van der Waals surface area contributed by atoms with E-state index in [4.69, 9.17) is 14.2 Å². The molecule has 0 radical (unpaired) electrons. The number of carbonyl (C=O) groups is 3. The lowest BCUT2D eigenvalue weighted by Crippen LogP contribution is -2.30. The van der Waals surface area contributed by atoms with Crippen molar-refractivity contribution < 1.29 is 28.6 Å². The van der Waals surface area contributed by atoms with Crippen molar-refractivity contribution in [3.63, 3.8) is 0 Å². The minimum Gasteiger partial charge on any atom is -0.462 e. The summed E-state index contributed by atoms with van der Waals surface area (Å²) < 4.78 is 16.9. The molecule has 6 nitrogen and oxygen atoms in total. The topological polar surface area (TPSA) is 78.9 Å². The third-order valence-electron chi connectivity index (χ3n) is 14.0. The summed E-state index contributed by atoms with van der Waals surface area (Å²) in [5, 5.41) is 0. The Morgan fingerprint density at radius 1 is 0.253 bits per heavy atom. The summed E-state index contributed by atoms with van der Waals surface area (Å²) in [6.07, 6.45) is 101. The fourth-order valence-corrected chi connectivity index (χ4v) is 9.01. The van der Waals surface area contributed by atoms with E-state index in [9.17, 15) is 14.4 Å². The van der Waals surface area contributed by atoms with Crippen LogP contribution < -0.4 is 0 Å². The Morgan fingerprint density at radius 3 is 0.759 bits per heavy atom. The zero-order valence-electron chi connectivity index (χ0n) is 53.7. The molecule has 0 saturated carbocycles. The van der Waals surface area contributed by atoms with Crippen LogP contribution in [0.15, 0.2) is 158 Å². The molecular formula is C77H124O6. The highest BCUT2D eigenvalue weighted by Crippen LogP contribution is 2.16. The summed E-state index contributed by atoms with van der Waals surface area (Å²) in [5.41, 5.74) is 0. The summed E-state index contributed by atoms with van der Waals surface area (Å²) in [7, 11) is 0. The molecule has 0 aliphatic carbocycles. The van der Waals surface area contributed by atoms with Gasteiger partial charge in [-0.15, -0.1) is 0 Å². The maximum atomic E-state index is 12.9. The molecule has 0 amide bonds. The van der Waals surface area contributed by atoms with Gasteiger partial charge in [0.25, 0.3) is 0 Å². The molecule has 6 heteroatoms. The van der Waals surface area contributed by atoms with Gasteiger partial charge >= 0.3 is 17.9 Å². The summed E-state index contributed by atoms with van der Waals surface area (Å²) in [4.78, 5) is 38.4. The van der Waals surface area contributed by atoms with Crippen LogP contribution in [-0.2, 0) is 28.6 Å². The highest BCUT2D eigenvalue weighted by Gasteiger charge is 2.19. The van der Waals surface area contributed by atoms with Crippen LogP contribution >= 0.6 is 0 Å². The van der Waals surface area contributed by atoms with Crippen LogP contribution in [0.25, 0.3) is 0 Å². The van der Waals surface area contributed by atoms with Gasteiger partial charge in [-0.05, 0) is 128 Å². The molecule has 468 valence electrons. The molecule has 0 saturated heterocycles. The predicted octanol–water partition coefficient (Wildman–Crippen LogP) is 23.7. The molecular weight excluding hydrogens is 1020 g/mol. The van der Waals surface area contributed by atoms with Crippen molar-refractivity contribution in [1.29, 1.82) is 0 Å². The van der Waals surface area contributed by atoms with Crippen molar-refractivity contribution in [2.24, 2.45) is 0 Å². The molecule has 0 aromatic heterocycles. The molecule has 0 rings (SSSR count). The van der Waals surface area contributed by atoms with E-state index < -0.39 is 6.10 Å². The number of esters is 3. The molecule has 0 spiro atoms. The lowest BCUT2D eigenvalue weighted by Gasteiger charge is -2.18. The molecule has 0 aromatic rings. The Kier molecular flexibility index (Phi) is 65.4. The van der Waals surface area contributed by atoms with E-state index >= 15 is 0 Å². The SMILES string of the molecule is CC/C=C\C/C=C\C/C=C\C/C=C\C/C=C\C/C=C\C/C=C\CCCCCCCCCCCC(=O)OCC(COC(=O)CCCCCCCCCCCCCCC)OC(=O)CCCC/C=C\C/C=C\C/C=C\C/C=C\C/C=C\C/C=C\CC. The molecule has 0 aliphatic rings. The summed E-state index contributed by atoms with van der Waals surface area (Å²) in [6.45, 7) is 6.38. The van der Waals surface area contributed by atoms with Crippen molar-refractivity contribution in [2.45, 2.75) is 297 Å². The van der Waals surface area contributed by atoms with E-state index in [1.54, 1.807) is 0 Å². The van der Waals surface area contributed by atoms with E-state index in [2.05, 4.69) is 179 Å². The van der Waals surface area contributed by atoms with Crippen molar-refractivity contribution in [3.8, 4) is 0 Å². The van der Waals surface area contributed by atoms with Crippen molar-refractivity contribution in [1.82, 2.24) is 0 Å². The molecule has 0 aromatic carbocycles. The van der Waals surface area contributed by atoms with Gasteiger partial charge in [0.1, 0.15) is 13.2 Å². The molecule has 0 N–H and O–H groups in total. The first-order valence-corrected chi connectivity index (χ1v) is 34.0. The monoisotopic (exact) mass is 1140 g/mol. The van der Waals surface area contributed by atoms with E-state index in [-0.39, 0.29) is 37.5 Å².